The fourth-order valence-electron chi connectivity index (χ4n) is 3.19. The predicted octanol–water partition coefficient (Wildman–Crippen LogP) is 1.75. The van der Waals surface area contributed by atoms with Crippen LogP contribution in [0, 0.1) is 5.82 Å². The number of likely N-dealkylation sites (tertiary alicyclic amines) is 1. The SMILES string of the molecule is CCN(CC)C1CCN(C(=O)Nc2cc(-n3cnnn3)ccc2F)C1. The summed E-state index contributed by atoms with van der Waals surface area (Å²) in [6, 6.07) is 4.42. The lowest BCUT2D eigenvalue weighted by Crippen LogP contribution is -2.39. The number of rotatable bonds is 5. The van der Waals surface area contributed by atoms with Crippen molar-refractivity contribution in [3.05, 3.63) is 30.3 Å². The maximum Gasteiger partial charge on any atom is 0.321 e. The highest BCUT2D eigenvalue weighted by atomic mass is 19.1. The summed E-state index contributed by atoms with van der Waals surface area (Å²) in [6.45, 7) is 7.47. The van der Waals surface area contributed by atoms with E-state index in [1.807, 2.05) is 0 Å². The Kier molecular flexibility index (Phi) is 5.22. The van der Waals surface area contributed by atoms with Crippen molar-refractivity contribution < 1.29 is 9.18 Å². The van der Waals surface area contributed by atoms with E-state index in [1.54, 1.807) is 11.0 Å². The highest BCUT2D eigenvalue weighted by molar-refractivity contribution is 5.90. The van der Waals surface area contributed by atoms with Gasteiger partial charge < -0.3 is 10.2 Å². The van der Waals surface area contributed by atoms with Crippen LogP contribution in [0.5, 0.6) is 0 Å². The summed E-state index contributed by atoms with van der Waals surface area (Å²) in [5.74, 6) is -0.496. The summed E-state index contributed by atoms with van der Waals surface area (Å²) in [5, 5.41) is 13.5. The Labute approximate surface area is 145 Å². The summed E-state index contributed by atoms with van der Waals surface area (Å²) in [5.41, 5.74) is 0.688. The zero-order valence-electron chi connectivity index (χ0n) is 14.4. The first-order valence-corrected chi connectivity index (χ1v) is 8.45. The first-order chi connectivity index (χ1) is 12.1. The minimum atomic E-state index is -0.496. The number of amides is 2. The van der Waals surface area contributed by atoms with E-state index < -0.39 is 5.82 Å². The molecule has 1 aromatic heterocycles. The van der Waals surface area contributed by atoms with E-state index in [1.165, 1.54) is 23.1 Å². The van der Waals surface area contributed by atoms with Gasteiger partial charge in [0.15, 0.2) is 0 Å². The number of urea groups is 1. The van der Waals surface area contributed by atoms with Gasteiger partial charge in [0.05, 0.1) is 11.4 Å². The van der Waals surface area contributed by atoms with E-state index in [-0.39, 0.29) is 11.7 Å². The highest BCUT2D eigenvalue weighted by Crippen LogP contribution is 2.21. The van der Waals surface area contributed by atoms with Crippen molar-refractivity contribution in [1.82, 2.24) is 30.0 Å². The molecule has 1 aliphatic heterocycles. The Morgan fingerprint density at radius 2 is 2.20 bits per heavy atom. The van der Waals surface area contributed by atoms with E-state index in [0.29, 0.717) is 24.8 Å². The fraction of sp³-hybridized carbons (Fsp3) is 0.500. The number of aromatic nitrogens is 4. The lowest BCUT2D eigenvalue weighted by molar-refractivity contribution is 0.202. The monoisotopic (exact) mass is 347 g/mol. The van der Waals surface area contributed by atoms with Gasteiger partial charge in [-0.05, 0) is 48.1 Å². The Bertz CT molecular complexity index is 717. The molecule has 134 valence electrons. The average molecular weight is 347 g/mol. The largest absolute Gasteiger partial charge is 0.323 e. The maximum atomic E-state index is 14.1. The fourth-order valence-corrected chi connectivity index (χ4v) is 3.19. The van der Waals surface area contributed by atoms with Gasteiger partial charge in [-0.1, -0.05) is 13.8 Å². The van der Waals surface area contributed by atoms with Crippen LogP contribution in [0.15, 0.2) is 24.5 Å². The molecule has 0 bridgehead atoms. The molecule has 0 spiro atoms. The van der Waals surface area contributed by atoms with E-state index in [2.05, 4.69) is 39.6 Å². The van der Waals surface area contributed by atoms with Crippen LogP contribution in [0.2, 0.25) is 0 Å². The molecule has 8 nitrogen and oxygen atoms in total. The number of halogens is 1. The number of nitrogens with one attached hydrogen (secondary N) is 1. The Hall–Kier alpha value is -2.55. The first kappa shape index (κ1) is 17.3. The van der Waals surface area contributed by atoms with Gasteiger partial charge >= 0.3 is 6.03 Å². The lowest BCUT2D eigenvalue weighted by Gasteiger charge is -2.26. The van der Waals surface area contributed by atoms with Crippen LogP contribution in [-0.4, -0.2) is 68.3 Å². The third-order valence-electron chi connectivity index (χ3n) is 4.58. The molecular weight excluding hydrogens is 325 g/mol. The third-order valence-corrected chi connectivity index (χ3v) is 4.58. The molecule has 2 heterocycles. The number of carbonyl (C=O) groups is 1. The molecule has 1 aromatic carbocycles. The van der Waals surface area contributed by atoms with Gasteiger partial charge in [-0.25, -0.2) is 13.9 Å². The van der Waals surface area contributed by atoms with Gasteiger partial charge in [0.25, 0.3) is 0 Å². The molecule has 1 saturated heterocycles. The van der Waals surface area contributed by atoms with Gasteiger partial charge in [0.2, 0.25) is 0 Å². The van der Waals surface area contributed by atoms with Crippen molar-refractivity contribution in [2.75, 3.05) is 31.5 Å². The number of carbonyl (C=O) groups excluding carboxylic acids is 1. The molecule has 2 amide bonds. The first-order valence-electron chi connectivity index (χ1n) is 8.45. The molecule has 3 rings (SSSR count). The van der Waals surface area contributed by atoms with E-state index in [4.69, 9.17) is 0 Å². The number of benzene rings is 1. The van der Waals surface area contributed by atoms with Gasteiger partial charge in [-0.15, -0.1) is 5.10 Å². The number of hydrogen-bond donors (Lipinski definition) is 1. The van der Waals surface area contributed by atoms with E-state index in [0.717, 1.165) is 19.5 Å². The normalized spacial score (nSPS) is 17.3. The molecule has 1 fully saturated rings. The zero-order valence-corrected chi connectivity index (χ0v) is 14.4. The van der Waals surface area contributed by atoms with Crippen molar-refractivity contribution in [3.8, 4) is 5.69 Å². The van der Waals surface area contributed by atoms with Crippen LogP contribution >= 0.6 is 0 Å². The van der Waals surface area contributed by atoms with E-state index >= 15 is 0 Å². The molecule has 0 aliphatic carbocycles. The number of hydrogen-bond acceptors (Lipinski definition) is 5. The standard InChI is InChI=1S/C16H22FN7O/c1-3-22(4-2)13-7-8-23(10-13)16(25)19-15-9-12(5-6-14(15)17)24-11-18-20-21-24/h5-6,9,11,13H,3-4,7-8,10H2,1-2H3,(H,19,25). The molecule has 25 heavy (non-hydrogen) atoms. The van der Waals surface area contributed by atoms with Crippen LogP contribution in [0.1, 0.15) is 20.3 Å². The quantitative estimate of drug-likeness (QED) is 0.891. The Balaban J connectivity index is 1.68. The molecule has 0 saturated carbocycles. The molecule has 0 radical (unpaired) electrons. The van der Waals surface area contributed by atoms with Crippen LogP contribution in [0.4, 0.5) is 14.9 Å². The van der Waals surface area contributed by atoms with Gasteiger partial charge in [-0.2, -0.15) is 0 Å². The summed E-state index contributed by atoms with van der Waals surface area (Å²) >= 11 is 0. The molecule has 9 heteroatoms. The molecule has 1 aliphatic rings. The van der Waals surface area contributed by atoms with Crippen molar-refractivity contribution >= 4 is 11.7 Å². The van der Waals surface area contributed by atoms with E-state index in [9.17, 15) is 9.18 Å². The number of nitrogens with zero attached hydrogens (tertiary/aromatic N) is 6. The number of tetrazole rings is 1. The van der Waals surface area contributed by atoms with Crippen LogP contribution in [0.25, 0.3) is 5.69 Å². The Morgan fingerprint density at radius 3 is 2.88 bits per heavy atom. The maximum absolute atomic E-state index is 14.1. The Morgan fingerprint density at radius 1 is 1.40 bits per heavy atom. The van der Waals surface area contributed by atoms with Crippen molar-refractivity contribution in [3.63, 3.8) is 0 Å². The average Bonchev–Trinajstić information content (AvgIpc) is 3.30. The highest BCUT2D eigenvalue weighted by Gasteiger charge is 2.29. The van der Waals surface area contributed by atoms with Crippen molar-refractivity contribution in [2.24, 2.45) is 0 Å². The van der Waals surface area contributed by atoms with Crippen LogP contribution in [0.3, 0.4) is 0 Å². The van der Waals surface area contributed by atoms with Crippen molar-refractivity contribution in [1.29, 1.82) is 0 Å². The summed E-state index contributed by atoms with van der Waals surface area (Å²) in [7, 11) is 0. The van der Waals surface area contributed by atoms with Gasteiger partial charge in [0.1, 0.15) is 12.1 Å². The summed E-state index contributed by atoms with van der Waals surface area (Å²) < 4.78 is 15.5. The topological polar surface area (TPSA) is 79.2 Å². The molecule has 1 unspecified atom stereocenters. The minimum absolute atomic E-state index is 0.115. The third kappa shape index (κ3) is 3.76. The molecule has 1 N–H and O–H groups in total. The number of likely N-dealkylation sites (N-methyl/N-ethyl adjacent to an activating group) is 1. The molecule has 1 atom stereocenters. The smallest absolute Gasteiger partial charge is 0.321 e. The van der Waals surface area contributed by atoms with Crippen LogP contribution < -0.4 is 5.32 Å². The minimum Gasteiger partial charge on any atom is -0.323 e. The number of anilines is 1. The van der Waals surface area contributed by atoms with Crippen molar-refractivity contribution in [2.45, 2.75) is 26.3 Å². The molecular formula is C16H22FN7O. The van der Waals surface area contributed by atoms with Crippen LogP contribution in [-0.2, 0) is 0 Å². The second-order valence-electron chi connectivity index (χ2n) is 5.96. The molecule has 2 aromatic rings. The zero-order chi connectivity index (χ0) is 17.8. The summed E-state index contributed by atoms with van der Waals surface area (Å²) in [4.78, 5) is 16.6. The van der Waals surface area contributed by atoms with Gasteiger partial charge in [-0.3, -0.25) is 4.90 Å². The predicted molar refractivity (Wildman–Crippen MR) is 91.0 cm³/mol. The lowest BCUT2D eigenvalue weighted by atomic mass is 10.2. The second kappa shape index (κ2) is 7.56. The second-order valence-corrected chi connectivity index (χ2v) is 5.96. The summed E-state index contributed by atoms with van der Waals surface area (Å²) in [6.07, 6.45) is 2.34. The van der Waals surface area contributed by atoms with Gasteiger partial charge in [0, 0.05) is 19.1 Å².